The van der Waals surface area contributed by atoms with Gasteiger partial charge in [0.1, 0.15) is 0 Å². The fourth-order valence-corrected chi connectivity index (χ4v) is 1.77. The number of nitrogens with one attached hydrogen (secondary N) is 1. The van der Waals surface area contributed by atoms with Gasteiger partial charge < -0.3 is 4.55 Å². The molecule has 1 heterocycles. The monoisotopic (exact) mass is 232 g/mol. The van der Waals surface area contributed by atoms with Gasteiger partial charge in [0.15, 0.2) is 0 Å². The SMILES string of the molecule is CCCC(NSO)c1cc(Cl)ccn1. The van der Waals surface area contributed by atoms with Gasteiger partial charge in [-0.15, -0.1) is 0 Å². The van der Waals surface area contributed by atoms with Crippen molar-refractivity contribution in [2.45, 2.75) is 25.8 Å². The Morgan fingerprint density at radius 3 is 3.07 bits per heavy atom. The Morgan fingerprint density at radius 2 is 2.50 bits per heavy atom. The molecular formula is C9H13ClN2OS. The van der Waals surface area contributed by atoms with E-state index in [0.29, 0.717) is 17.3 Å². The first kappa shape index (κ1) is 11.8. The zero-order valence-corrected chi connectivity index (χ0v) is 9.48. The first-order valence-corrected chi connectivity index (χ1v) is 5.60. The third-order valence-corrected chi connectivity index (χ3v) is 2.50. The predicted molar refractivity (Wildman–Crippen MR) is 60.3 cm³/mol. The van der Waals surface area contributed by atoms with Gasteiger partial charge >= 0.3 is 0 Å². The highest BCUT2D eigenvalue weighted by Crippen LogP contribution is 2.20. The minimum absolute atomic E-state index is 0.0497. The minimum Gasteiger partial charge on any atom is -0.317 e. The van der Waals surface area contributed by atoms with Crippen LogP contribution >= 0.6 is 23.8 Å². The van der Waals surface area contributed by atoms with Crippen LogP contribution in [-0.2, 0) is 0 Å². The van der Waals surface area contributed by atoms with Crippen LogP contribution < -0.4 is 4.72 Å². The molecule has 1 atom stereocenters. The minimum atomic E-state index is 0.0497. The number of halogens is 1. The first-order chi connectivity index (χ1) is 6.77. The molecule has 0 fully saturated rings. The lowest BCUT2D eigenvalue weighted by Gasteiger charge is -2.14. The second-order valence-electron chi connectivity index (χ2n) is 2.95. The largest absolute Gasteiger partial charge is 0.317 e. The van der Waals surface area contributed by atoms with Gasteiger partial charge in [0.2, 0.25) is 0 Å². The van der Waals surface area contributed by atoms with E-state index in [2.05, 4.69) is 16.6 Å². The van der Waals surface area contributed by atoms with Gasteiger partial charge in [0.05, 0.1) is 24.0 Å². The lowest BCUT2D eigenvalue weighted by molar-refractivity contribution is 0.560. The fraction of sp³-hybridized carbons (Fsp3) is 0.444. The van der Waals surface area contributed by atoms with Gasteiger partial charge in [-0.1, -0.05) is 24.9 Å². The van der Waals surface area contributed by atoms with E-state index >= 15 is 0 Å². The van der Waals surface area contributed by atoms with E-state index in [0.717, 1.165) is 18.5 Å². The maximum atomic E-state index is 8.74. The second kappa shape index (κ2) is 6.24. The first-order valence-electron chi connectivity index (χ1n) is 4.45. The number of rotatable bonds is 5. The van der Waals surface area contributed by atoms with E-state index in [1.807, 2.05) is 6.07 Å². The molecule has 0 spiro atoms. The lowest BCUT2D eigenvalue weighted by atomic mass is 10.1. The summed E-state index contributed by atoms with van der Waals surface area (Å²) in [6, 6.07) is 3.60. The molecule has 14 heavy (non-hydrogen) atoms. The van der Waals surface area contributed by atoms with Crippen LogP contribution in [0.25, 0.3) is 0 Å². The predicted octanol–water partition coefficient (Wildman–Crippen LogP) is 3.29. The Hall–Kier alpha value is -0.290. The van der Waals surface area contributed by atoms with Gasteiger partial charge in [-0.05, 0) is 18.6 Å². The molecule has 0 amide bonds. The van der Waals surface area contributed by atoms with Crippen LogP contribution in [0.5, 0.6) is 0 Å². The zero-order valence-electron chi connectivity index (χ0n) is 7.90. The molecule has 0 saturated carbocycles. The Morgan fingerprint density at radius 1 is 1.71 bits per heavy atom. The third kappa shape index (κ3) is 3.46. The number of hydrogen-bond acceptors (Lipinski definition) is 4. The highest BCUT2D eigenvalue weighted by Gasteiger charge is 2.11. The van der Waals surface area contributed by atoms with Crippen molar-refractivity contribution in [2.24, 2.45) is 0 Å². The van der Waals surface area contributed by atoms with Gasteiger partial charge in [-0.3, -0.25) is 4.98 Å². The van der Waals surface area contributed by atoms with Crippen LogP contribution in [0.3, 0.4) is 0 Å². The summed E-state index contributed by atoms with van der Waals surface area (Å²) in [5.74, 6) is 0. The van der Waals surface area contributed by atoms with E-state index in [9.17, 15) is 0 Å². The average molecular weight is 233 g/mol. The van der Waals surface area contributed by atoms with Crippen LogP contribution in [-0.4, -0.2) is 9.54 Å². The molecule has 78 valence electrons. The summed E-state index contributed by atoms with van der Waals surface area (Å²) in [6.07, 6.45) is 3.61. The molecule has 0 aliphatic rings. The molecule has 1 unspecified atom stereocenters. The standard InChI is InChI=1S/C9H13ClN2OS/c1-2-3-8(12-14-13)9-6-7(10)4-5-11-9/h4-6,8,12-13H,2-3H2,1H3. The molecule has 3 nitrogen and oxygen atoms in total. The smallest absolute Gasteiger partial charge is 0.0766 e. The van der Waals surface area contributed by atoms with Crippen LogP contribution in [0, 0.1) is 0 Å². The molecule has 0 saturated heterocycles. The molecule has 5 heteroatoms. The molecule has 0 bridgehead atoms. The van der Waals surface area contributed by atoms with Crippen LogP contribution in [0.4, 0.5) is 0 Å². The van der Waals surface area contributed by atoms with E-state index < -0.39 is 0 Å². The van der Waals surface area contributed by atoms with E-state index in [1.165, 1.54) is 0 Å². The van der Waals surface area contributed by atoms with Gasteiger partial charge in [0.25, 0.3) is 0 Å². The summed E-state index contributed by atoms with van der Waals surface area (Å²) in [6.45, 7) is 2.08. The lowest BCUT2D eigenvalue weighted by Crippen LogP contribution is -2.14. The molecule has 0 radical (unpaired) electrons. The Bertz CT molecular complexity index is 279. The summed E-state index contributed by atoms with van der Waals surface area (Å²) in [7, 11) is 0. The number of hydrogen-bond donors (Lipinski definition) is 2. The highest BCUT2D eigenvalue weighted by atomic mass is 35.5. The molecule has 0 aliphatic heterocycles. The second-order valence-corrected chi connectivity index (χ2v) is 3.80. The molecule has 0 aromatic carbocycles. The topological polar surface area (TPSA) is 45.1 Å². The zero-order chi connectivity index (χ0) is 10.4. The van der Waals surface area contributed by atoms with E-state index in [4.69, 9.17) is 16.2 Å². The summed E-state index contributed by atoms with van der Waals surface area (Å²) < 4.78 is 11.6. The number of aromatic nitrogens is 1. The van der Waals surface area contributed by atoms with Crippen molar-refractivity contribution < 1.29 is 4.55 Å². The molecular weight excluding hydrogens is 220 g/mol. The summed E-state index contributed by atoms with van der Waals surface area (Å²) >= 11 is 6.47. The summed E-state index contributed by atoms with van der Waals surface area (Å²) in [5.41, 5.74) is 0.862. The average Bonchev–Trinajstić information content (AvgIpc) is 2.17. The van der Waals surface area contributed by atoms with Crippen LogP contribution in [0.1, 0.15) is 31.5 Å². The van der Waals surface area contributed by atoms with Gasteiger partial charge in [-0.2, -0.15) is 0 Å². The molecule has 1 aromatic rings. The molecule has 2 N–H and O–H groups in total. The van der Waals surface area contributed by atoms with Gasteiger partial charge in [-0.25, -0.2) is 4.72 Å². The summed E-state index contributed by atoms with van der Waals surface area (Å²) in [4.78, 5) is 4.21. The summed E-state index contributed by atoms with van der Waals surface area (Å²) in [5, 5.41) is 0.667. The van der Waals surface area contributed by atoms with Crippen LogP contribution in [0.2, 0.25) is 5.02 Å². The Balaban J connectivity index is 2.75. The molecule has 1 aromatic heterocycles. The van der Waals surface area contributed by atoms with Crippen molar-refractivity contribution in [2.75, 3.05) is 0 Å². The maximum Gasteiger partial charge on any atom is 0.0766 e. The normalized spacial score (nSPS) is 12.8. The van der Waals surface area contributed by atoms with E-state index in [-0.39, 0.29) is 6.04 Å². The number of nitrogens with zero attached hydrogens (tertiary/aromatic N) is 1. The third-order valence-electron chi connectivity index (χ3n) is 1.87. The van der Waals surface area contributed by atoms with Crippen molar-refractivity contribution in [3.05, 3.63) is 29.0 Å². The number of pyridine rings is 1. The van der Waals surface area contributed by atoms with Crippen molar-refractivity contribution in [1.82, 2.24) is 9.71 Å². The van der Waals surface area contributed by atoms with Gasteiger partial charge in [0, 0.05) is 11.2 Å². The quantitative estimate of drug-likeness (QED) is 0.604. The molecule has 0 aliphatic carbocycles. The highest BCUT2D eigenvalue weighted by molar-refractivity contribution is 7.91. The van der Waals surface area contributed by atoms with Crippen molar-refractivity contribution in [1.29, 1.82) is 0 Å². The fourth-order valence-electron chi connectivity index (χ4n) is 1.23. The van der Waals surface area contributed by atoms with Crippen LogP contribution in [0.15, 0.2) is 18.3 Å². The maximum absolute atomic E-state index is 8.74. The van der Waals surface area contributed by atoms with E-state index in [1.54, 1.807) is 12.3 Å². The van der Waals surface area contributed by atoms with Crippen molar-refractivity contribution in [3.8, 4) is 0 Å². The van der Waals surface area contributed by atoms with Crippen molar-refractivity contribution in [3.63, 3.8) is 0 Å². The van der Waals surface area contributed by atoms with Crippen molar-refractivity contribution >= 4 is 23.8 Å². The Labute approximate surface area is 93.2 Å². The Kier molecular flexibility index (Phi) is 5.25. The molecule has 1 rings (SSSR count).